The fourth-order valence-electron chi connectivity index (χ4n) is 1.37. The molecule has 2 nitrogen and oxygen atoms in total. The van der Waals surface area contributed by atoms with E-state index in [0.717, 1.165) is 5.56 Å². The van der Waals surface area contributed by atoms with Crippen molar-refractivity contribution in [1.82, 2.24) is 0 Å². The van der Waals surface area contributed by atoms with Crippen LogP contribution in [-0.4, -0.2) is 0 Å². The molecular weight excluding hydrogens is 222 g/mol. The third-order valence-electron chi connectivity index (χ3n) is 2.19. The molecule has 2 aromatic rings. The van der Waals surface area contributed by atoms with Gasteiger partial charge >= 0.3 is 0 Å². The average Bonchev–Trinajstić information content (AvgIpc) is 2.32. The van der Waals surface area contributed by atoms with Crippen molar-refractivity contribution in [1.29, 1.82) is 0 Å². The zero-order chi connectivity index (χ0) is 11.4. The van der Waals surface area contributed by atoms with Crippen molar-refractivity contribution < 1.29 is 4.74 Å². The Morgan fingerprint density at radius 1 is 1.06 bits per heavy atom. The number of benzene rings is 2. The maximum atomic E-state index is 5.98. The summed E-state index contributed by atoms with van der Waals surface area (Å²) in [4.78, 5) is 0. The van der Waals surface area contributed by atoms with Gasteiger partial charge in [-0.05, 0) is 17.7 Å². The second-order valence-corrected chi connectivity index (χ2v) is 3.87. The zero-order valence-corrected chi connectivity index (χ0v) is 9.45. The van der Waals surface area contributed by atoms with Gasteiger partial charge in [0.25, 0.3) is 0 Å². The van der Waals surface area contributed by atoms with E-state index in [9.17, 15) is 0 Å². The van der Waals surface area contributed by atoms with Crippen LogP contribution in [0.5, 0.6) is 5.75 Å². The summed E-state index contributed by atoms with van der Waals surface area (Å²) in [7, 11) is 0. The third kappa shape index (κ3) is 2.67. The Balaban J connectivity index is 2.08. The first-order valence-corrected chi connectivity index (χ1v) is 5.35. The van der Waals surface area contributed by atoms with E-state index in [1.165, 1.54) is 0 Å². The maximum Gasteiger partial charge on any atom is 0.140 e. The number of rotatable bonds is 3. The van der Waals surface area contributed by atoms with Crippen LogP contribution in [0.4, 0.5) is 5.69 Å². The van der Waals surface area contributed by atoms with Crippen molar-refractivity contribution in [3.63, 3.8) is 0 Å². The van der Waals surface area contributed by atoms with Gasteiger partial charge in [0.05, 0.1) is 5.02 Å². The summed E-state index contributed by atoms with van der Waals surface area (Å²) in [5, 5.41) is 0.574. The number of nitrogen functional groups attached to an aromatic ring is 1. The van der Waals surface area contributed by atoms with Gasteiger partial charge in [-0.1, -0.05) is 41.9 Å². The van der Waals surface area contributed by atoms with Crippen LogP contribution in [0.1, 0.15) is 5.56 Å². The summed E-state index contributed by atoms with van der Waals surface area (Å²) in [6.45, 7) is 0.490. The molecule has 0 atom stereocenters. The Morgan fingerprint density at radius 3 is 2.56 bits per heavy atom. The minimum atomic E-state index is 0.490. The van der Waals surface area contributed by atoms with Crippen molar-refractivity contribution in [2.24, 2.45) is 0 Å². The fraction of sp³-hybridized carbons (Fsp3) is 0.0769. The molecule has 0 heterocycles. The Bertz CT molecular complexity index is 471. The Labute approximate surface area is 99.6 Å². The molecule has 82 valence electrons. The topological polar surface area (TPSA) is 35.2 Å². The molecule has 0 saturated carbocycles. The second-order valence-electron chi connectivity index (χ2n) is 3.46. The number of hydrogen-bond donors (Lipinski definition) is 1. The van der Waals surface area contributed by atoms with E-state index in [1.807, 2.05) is 30.3 Å². The van der Waals surface area contributed by atoms with Crippen LogP contribution in [0.25, 0.3) is 0 Å². The largest absolute Gasteiger partial charge is 0.487 e. The minimum Gasteiger partial charge on any atom is -0.487 e. The van der Waals surface area contributed by atoms with Crippen LogP contribution >= 0.6 is 11.6 Å². The van der Waals surface area contributed by atoms with Crippen molar-refractivity contribution in [2.75, 3.05) is 5.73 Å². The molecule has 0 aliphatic carbocycles. The molecule has 0 saturated heterocycles. The predicted molar refractivity (Wildman–Crippen MR) is 66.6 cm³/mol. The normalized spacial score (nSPS) is 10.1. The molecule has 3 heteroatoms. The van der Waals surface area contributed by atoms with Gasteiger partial charge in [-0.2, -0.15) is 0 Å². The maximum absolute atomic E-state index is 5.98. The van der Waals surface area contributed by atoms with E-state index in [4.69, 9.17) is 22.1 Å². The molecule has 0 fully saturated rings. The van der Waals surface area contributed by atoms with Crippen molar-refractivity contribution in [3.8, 4) is 5.75 Å². The van der Waals surface area contributed by atoms with Gasteiger partial charge < -0.3 is 10.5 Å². The average molecular weight is 234 g/mol. The Hall–Kier alpha value is -1.67. The number of hydrogen-bond acceptors (Lipinski definition) is 2. The lowest BCUT2D eigenvalue weighted by atomic mass is 10.2. The highest BCUT2D eigenvalue weighted by atomic mass is 35.5. The van der Waals surface area contributed by atoms with E-state index in [2.05, 4.69) is 0 Å². The van der Waals surface area contributed by atoms with Gasteiger partial charge in [0, 0.05) is 11.8 Å². The monoisotopic (exact) mass is 233 g/mol. The highest BCUT2D eigenvalue weighted by Gasteiger charge is 2.02. The summed E-state index contributed by atoms with van der Waals surface area (Å²) in [6.07, 6.45) is 0. The molecule has 0 radical (unpaired) electrons. The van der Waals surface area contributed by atoms with Crippen LogP contribution in [0.2, 0.25) is 5.02 Å². The van der Waals surface area contributed by atoms with Crippen molar-refractivity contribution >= 4 is 17.3 Å². The summed E-state index contributed by atoms with van der Waals surface area (Å²) in [6, 6.07) is 15.1. The molecule has 0 amide bonds. The lowest BCUT2D eigenvalue weighted by molar-refractivity contribution is 0.306. The first kappa shape index (κ1) is 10.8. The number of anilines is 1. The first-order chi connectivity index (χ1) is 7.75. The van der Waals surface area contributed by atoms with E-state index < -0.39 is 0 Å². The van der Waals surface area contributed by atoms with Crippen molar-refractivity contribution in [2.45, 2.75) is 6.61 Å². The Kier molecular flexibility index (Phi) is 3.32. The smallest absolute Gasteiger partial charge is 0.140 e. The highest BCUT2D eigenvalue weighted by molar-refractivity contribution is 6.32. The van der Waals surface area contributed by atoms with Gasteiger partial charge in [-0.15, -0.1) is 0 Å². The van der Waals surface area contributed by atoms with Crippen LogP contribution in [0.3, 0.4) is 0 Å². The predicted octanol–water partition coefficient (Wildman–Crippen LogP) is 3.50. The Morgan fingerprint density at radius 2 is 1.81 bits per heavy atom. The molecule has 0 unspecified atom stereocenters. The summed E-state index contributed by atoms with van der Waals surface area (Å²) < 4.78 is 5.59. The fourth-order valence-corrected chi connectivity index (χ4v) is 1.54. The number of halogens is 1. The van der Waals surface area contributed by atoms with E-state index in [0.29, 0.717) is 23.1 Å². The van der Waals surface area contributed by atoms with Gasteiger partial charge in [0.15, 0.2) is 0 Å². The van der Waals surface area contributed by atoms with Gasteiger partial charge in [-0.3, -0.25) is 0 Å². The van der Waals surface area contributed by atoms with Gasteiger partial charge in [0.1, 0.15) is 12.4 Å². The zero-order valence-electron chi connectivity index (χ0n) is 8.69. The van der Waals surface area contributed by atoms with Gasteiger partial charge in [-0.25, -0.2) is 0 Å². The molecule has 16 heavy (non-hydrogen) atoms. The molecule has 0 aliphatic heterocycles. The van der Waals surface area contributed by atoms with E-state index in [-0.39, 0.29) is 0 Å². The molecule has 2 N–H and O–H groups in total. The lowest BCUT2D eigenvalue weighted by Gasteiger charge is -2.08. The molecule has 0 spiro atoms. The van der Waals surface area contributed by atoms with E-state index >= 15 is 0 Å². The minimum absolute atomic E-state index is 0.490. The molecule has 0 bridgehead atoms. The van der Waals surface area contributed by atoms with Crippen LogP contribution in [0.15, 0.2) is 48.5 Å². The van der Waals surface area contributed by atoms with Crippen LogP contribution in [0, 0.1) is 0 Å². The van der Waals surface area contributed by atoms with Gasteiger partial charge in [0.2, 0.25) is 0 Å². The van der Waals surface area contributed by atoms with E-state index in [1.54, 1.807) is 18.2 Å². The molecule has 0 aliphatic rings. The number of nitrogens with two attached hydrogens (primary N) is 1. The highest BCUT2D eigenvalue weighted by Crippen LogP contribution is 2.27. The molecule has 0 aromatic heterocycles. The van der Waals surface area contributed by atoms with Crippen LogP contribution in [-0.2, 0) is 6.61 Å². The standard InChI is InChI=1S/C13H12ClNO/c14-12-7-6-11(15)8-13(12)16-9-10-4-2-1-3-5-10/h1-8H,9,15H2. The molecule has 2 rings (SSSR count). The molecule has 2 aromatic carbocycles. The second kappa shape index (κ2) is 4.90. The summed E-state index contributed by atoms with van der Waals surface area (Å²) in [5.74, 6) is 0.616. The quantitative estimate of drug-likeness (QED) is 0.824. The number of ether oxygens (including phenoxy) is 1. The third-order valence-corrected chi connectivity index (χ3v) is 2.50. The first-order valence-electron chi connectivity index (χ1n) is 4.97. The lowest BCUT2D eigenvalue weighted by Crippen LogP contribution is -1.96. The van der Waals surface area contributed by atoms with Crippen molar-refractivity contribution in [3.05, 3.63) is 59.1 Å². The summed E-state index contributed by atoms with van der Waals surface area (Å²) >= 11 is 5.98. The molecular formula is C13H12ClNO. The summed E-state index contributed by atoms with van der Waals surface area (Å²) in [5.41, 5.74) is 7.40. The van der Waals surface area contributed by atoms with Crippen LogP contribution < -0.4 is 10.5 Å². The SMILES string of the molecule is Nc1ccc(Cl)c(OCc2ccccc2)c1.